The zero-order chi connectivity index (χ0) is 23.8. The number of hydrogen-bond donors (Lipinski definition) is 2. The molecule has 0 saturated heterocycles. The molecule has 0 saturated carbocycles. The Balaban J connectivity index is 2.02. The average molecular weight is 464 g/mol. The molecule has 2 aromatic rings. The van der Waals surface area contributed by atoms with Gasteiger partial charge in [0.05, 0.1) is 29.7 Å². The number of rotatable bonds is 10. The van der Waals surface area contributed by atoms with Gasteiger partial charge >= 0.3 is 0 Å². The maximum Gasteiger partial charge on any atom is 0.270 e. The lowest BCUT2D eigenvalue weighted by Crippen LogP contribution is -2.50. The van der Waals surface area contributed by atoms with Gasteiger partial charge in [-0.3, -0.25) is 19.7 Å². The zero-order valence-corrected chi connectivity index (χ0v) is 19.1. The topological polar surface area (TPSA) is 120 Å². The Bertz CT molecular complexity index is 996. The van der Waals surface area contributed by atoms with Gasteiger partial charge in [0.1, 0.15) is 17.5 Å². The highest BCUT2D eigenvalue weighted by atomic mass is 35.5. The molecule has 0 heterocycles. The number of non-ortho nitro benzene ring substituents is 1. The monoisotopic (exact) mass is 463 g/mol. The van der Waals surface area contributed by atoms with Crippen molar-refractivity contribution in [3.05, 3.63) is 62.7 Å². The van der Waals surface area contributed by atoms with Crippen LogP contribution in [0.25, 0.3) is 0 Å². The predicted octanol–water partition coefficient (Wildman–Crippen LogP) is 3.38. The van der Waals surface area contributed by atoms with Crippen LogP contribution in [0, 0.1) is 16.0 Å². The fourth-order valence-corrected chi connectivity index (χ4v) is 3.31. The van der Waals surface area contributed by atoms with Crippen LogP contribution < -0.4 is 20.1 Å². The fourth-order valence-electron chi connectivity index (χ4n) is 3.04. The van der Waals surface area contributed by atoms with E-state index < -0.39 is 16.9 Å². The van der Waals surface area contributed by atoms with Crippen LogP contribution in [-0.2, 0) is 11.2 Å². The third-order valence-electron chi connectivity index (χ3n) is 4.83. The minimum absolute atomic E-state index is 0.0543. The first-order valence-electron chi connectivity index (χ1n) is 9.91. The largest absolute Gasteiger partial charge is 0.497 e. The molecular weight excluding hydrogens is 438 g/mol. The third-order valence-corrected chi connectivity index (χ3v) is 5.14. The number of nitro benzene ring substituents is 1. The first-order valence-corrected chi connectivity index (χ1v) is 10.3. The van der Waals surface area contributed by atoms with Crippen molar-refractivity contribution in [1.29, 1.82) is 0 Å². The highest BCUT2D eigenvalue weighted by molar-refractivity contribution is 6.34. The molecule has 9 nitrogen and oxygen atoms in total. The van der Waals surface area contributed by atoms with Gasteiger partial charge in [-0.15, -0.1) is 0 Å². The van der Waals surface area contributed by atoms with Gasteiger partial charge in [0, 0.05) is 24.7 Å². The summed E-state index contributed by atoms with van der Waals surface area (Å²) in [5.74, 6) is 0.183. The van der Waals surface area contributed by atoms with Crippen LogP contribution in [0.5, 0.6) is 11.5 Å². The highest BCUT2D eigenvalue weighted by Gasteiger charge is 2.26. The number of benzene rings is 2. The second-order valence-electron chi connectivity index (χ2n) is 7.34. The number of hydrogen-bond acceptors (Lipinski definition) is 6. The molecule has 0 aliphatic heterocycles. The summed E-state index contributed by atoms with van der Waals surface area (Å²) in [5, 5.41) is 16.3. The van der Waals surface area contributed by atoms with Crippen molar-refractivity contribution < 1.29 is 24.0 Å². The maximum absolute atomic E-state index is 12.7. The highest BCUT2D eigenvalue weighted by Crippen LogP contribution is 2.25. The van der Waals surface area contributed by atoms with Gasteiger partial charge in [-0.25, -0.2) is 0 Å². The minimum atomic E-state index is -0.813. The smallest absolute Gasteiger partial charge is 0.270 e. The first kappa shape index (κ1) is 24.9. The molecule has 2 N–H and O–H groups in total. The number of methoxy groups -OCH3 is 2. The molecule has 172 valence electrons. The minimum Gasteiger partial charge on any atom is -0.497 e. The van der Waals surface area contributed by atoms with Gasteiger partial charge < -0.3 is 20.1 Å². The van der Waals surface area contributed by atoms with Crippen LogP contribution in [-0.4, -0.2) is 43.5 Å². The van der Waals surface area contributed by atoms with Crippen LogP contribution in [0.1, 0.15) is 29.8 Å². The van der Waals surface area contributed by atoms with Gasteiger partial charge in [0.2, 0.25) is 5.91 Å². The van der Waals surface area contributed by atoms with E-state index in [0.717, 1.165) is 11.6 Å². The normalized spacial score (nSPS) is 11.6. The van der Waals surface area contributed by atoms with Crippen LogP contribution >= 0.6 is 11.6 Å². The second-order valence-corrected chi connectivity index (χ2v) is 7.74. The molecule has 0 fully saturated rings. The molecule has 2 amide bonds. The Hall–Kier alpha value is -3.33. The number of ether oxygens (including phenoxy) is 2. The number of nitrogens with zero attached hydrogens (tertiary/aromatic N) is 1. The molecule has 0 radical (unpaired) electrons. The van der Waals surface area contributed by atoms with Crippen molar-refractivity contribution >= 4 is 29.1 Å². The molecule has 0 bridgehead atoms. The molecule has 1 atom stereocenters. The van der Waals surface area contributed by atoms with Gasteiger partial charge in [0.15, 0.2) is 0 Å². The maximum atomic E-state index is 12.7. The molecule has 0 spiro atoms. The predicted molar refractivity (Wildman–Crippen MR) is 120 cm³/mol. The molecule has 10 heteroatoms. The summed E-state index contributed by atoms with van der Waals surface area (Å²) in [6.07, 6.45) is 0.520. The molecule has 1 unspecified atom stereocenters. The van der Waals surface area contributed by atoms with Gasteiger partial charge in [-0.05, 0) is 30.0 Å². The lowest BCUT2D eigenvalue weighted by Gasteiger charge is -2.22. The molecular formula is C22H26ClN3O6. The van der Waals surface area contributed by atoms with Crippen molar-refractivity contribution in [2.24, 2.45) is 5.92 Å². The number of carbonyl (C=O) groups excluding carboxylic acids is 2. The molecule has 32 heavy (non-hydrogen) atoms. The van der Waals surface area contributed by atoms with E-state index in [2.05, 4.69) is 10.6 Å². The quantitative estimate of drug-likeness (QED) is 0.411. The third kappa shape index (κ3) is 6.34. The van der Waals surface area contributed by atoms with E-state index in [0.29, 0.717) is 24.5 Å². The zero-order valence-electron chi connectivity index (χ0n) is 18.3. The summed E-state index contributed by atoms with van der Waals surface area (Å²) in [4.78, 5) is 35.6. The number of halogens is 1. The first-order chi connectivity index (χ1) is 15.2. The Morgan fingerprint density at radius 1 is 1.12 bits per heavy atom. The summed E-state index contributed by atoms with van der Waals surface area (Å²) in [7, 11) is 3.13. The van der Waals surface area contributed by atoms with Crippen LogP contribution in [0.4, 0.5) is 5.69 Å². The summed E-state index contributed by atoms with van der Waals surface area (Å²) in [6.45, 7) is 3.93. The Kier molecular flexibility index (Phi) is 8.83. The Morgan fingerprint density at radius 3 is 2.41 bits per heavy atom. The van der Waals surface area contributed by atoms with Crippen molar-refractivity contribution in [2.75, 3.05) is 20.8 Å². The van der Waals surface area contributed by atoms with Crippen molar-refractivity contribution in [1.82, 2.24) is 10.6 Å². The SMILES string of the molecule is COc1ccc(CCNC(=O)C(NC(=O)c2ccc([N+](=O)[O-])cc2Cl)C(C)C)c(OC)c1. The number of nitro groups is 1. The lowest BCUT2D eigenvalue weighted by atomic mass is 10.0. The van der Waals surface area contributed by atoms with E-state index >= 15 is 0 Å². The standard InChI is InChI=1S/C22H26ClN3O6/c1-13(2)20(25-21(27)17-8-6-15(26(29)30)11-18(17)23)22(28)24-10-9-14-5-7-16(31-3)12-19(14)32-4/h5-8,11-13,20H,9-10H2,1-4H3,(H,24,28)(H,25,27). The van der Waals surface area contributed by atoms with Crippen LogP contribution in [0.15, 0.2) is 36.4 Å². The van der Waals surface area contributed by atoms with E-state index in [1.807, 2.05) is 12.1 Å². The van der Waals surface area contributed by atoms with E-state index in [1.54, 1.807) is 34.1 Å². The van der Waals surface area contributed by atoms with Crippen molar-refractivity contribution in [2.45, 2.75) is 26.3 Å². The molecule has 0 aliphatic carbocycles. The summed E-state index contributed by atoms with van der Waals surface area (Å²) in [5.41, 5.74) is 0.730. The van der Waals surface area contributed by atoms with Gasteiger partial charge in [-0.2, -0.15) is 0 Å². The number of carbonyl (C=O) groups is 2. The van der Waals surface area contributed by atoms with Crippen molar-refractivity contribution in [3.63, 3.8) is 0 Å². The lowest BCUT2D eigenvalue weighted by molar-refractivity contribution is -0.384. The Morgan fingerprint density at radius 2 is 1.84 bits per heavy atom. The van der Waals surface area contributed by atoms with Gasteiger partial charge in [-0.1, -0.05) is 31.5 Å². The number of nitrogens with one attached hydrogen (secondary N) is 2. The van der Waals surface area contributed by atoms with Gasteiger partial charge in [0.25, 0.3) is 11.6 Å². The fraction of sp³-hybridized carbons (Fsp3) is 0.364. The van der Waals surface area contributed by atoms with Crippen LogP contribution in [0.2, 0.25) is 5.02 Å². The molecule has 0 aliphatic rings. The summed E-state index contributed by atoms with van der Waals surface area (Å²) >= 11 is 6.03. The summed E-state index contributed by atoms with van der Waals surface area (Å²) < 4.78 is 10.5. The molecule has 2 rings (SSSR count). The second kappa shape index (κ2) is 11.3. The van der Waals surface area contributed by atoms with E-state index in [1.165, 1.54) is 12.1 Å². The van der Waals surface area contributed by atoms with Crippen molar-refractivity contribution in [3.8, 4) is 11.5 Å². The molecule has 0 aromatic heterocycles. The summed E-state index contributed by atoms with van der Waals surface area (Å²) in [6, 6.07) is 8.18. The van der Waals surface area contributed by atoms with Crippen LogP contribution in [0.3, 0.4) is 0 Å². The average Bonchev–Trinajstić information content (AvgIpc) is 2.76. The van der Waals surface area contributed by atoms with E-state index in [-0.39, 0.29) is 28.1 Å². The number of amides is 2. The van der Waals surface area contributed by atoms with E-state index in [4.69, 9.17) is 21.1 Å². The Labute approximate surface area is 191 Å². The van der Waals surface area contributed by atoms with E-state index in [9.17, 15) is 19.7 Å². The molecule has 2 aromatic carbocycles.